The molecule has 126 valence electrons. The predicted molar refractivity (Wildman–Crippen MR) is 93.8 cm³/mol. The van der Waals surface area contributed by atoms with Crippen LogP contribution in [0.15, 0.2) is 41.4 Å². The molecule has 2 fully saturated rings. The standard InChI is InChI=1S/C18H21N3O2S/c22-18(20-15-2-1-5-19-9-15)16-8-14-3-6-21(11-17(14)23-16)10-13-4-7-24-12-13/h1-2,4-5,7,9,12,14,16-17H,3,6,8,10-11H2,(H,20,22)/t14-,16-,17-/m0/s1. The Morgan fingerprint density at radius 1 is 1.46 bits per heavy atom. The van der Waals surface area contributed by atoms with E-state index in [4.69, 9.17) is 4.74 Å². The molecule has 2 aliphatic heterocycles. The lowest BCUT2D eigenvalue weighted by Gasteiger charge is -2.33. The fraction of sp³-hybridized carbons (Fsp3) is 0.444. The lowest BCUT2D eigenvalue weighted by Crippen LogP contribution is -2.41. The van der Waals surface area contributed by atoms with E-state index in [2.05, 4.69) is 32.0 Å². The number of nitrogens with zero attached hydrogens (tertiary/aromatic N) is 2. The minimum atomic E-state index is -0.346. The van der Waals surface area contributed by atoms with E-state index in [0.717, 1.165) is 38.2 Å². The molecule has 4 rings (SSSR count). The van der Waals surface area contributed by atoms with Crippen LogP contribution in [0.2, 0.25) is 0 Å². The Bertz CT molecular complexity index is 677. The highest BCUT2D eigenvalue weighted by Gasteiger charge is 2.41. The van der Waals surface area contributed by atoms with Gasteiger partial charge in [-0.15, -0.1) is 0 Å². The summed E-state index contributed by atoms with van der Waals surface area (Å²) in [5, 5.41) is 7.22. The van der Waals surface area contributed by atoms with E-state index >= 15 is 0 Å². The Morgan fingerprint density at radius 3 is 3.21 bits per heavy atom. The molecule has 4 heterocycles. The summed E-state index contributed by atoms with van der Waals surface area (Å²) in [5.74, 6) is 0.440. The molecule has 2 aromatic rings. The van der Waals surface area contributed by atoms with E-state index < -0.39 is 0 Å². The van der Waals surface area contributed by atoms with Crippen LogP contribution in [0.25, 0.3) is 0 Å². The molecule has 3 atom stereocenters. The van der Waals surface area contributed by atoms with Crippen molar-refractivity contribution in [3.05, 3.63) is 46.9 Å². The van der Waals surface area contributed by atoms with Gasteiger partial charge in [0, 0.05) is 19.3 Å². The normalized spacial score (nSPS) is 26.9. The van der Waals surface area contributed by atoms with Crippen LogP contribution in [-0.2, 0) is 16.1 Å². The summed E-state index contributed by atoms with van der Waals surface area (Å²) in [6, 6.07) is 5.83. The van der Waals surface area contributed by atoms with Crippen LogP contribution in [-0.4, -0.2) is 41.1 Å². The van der Waals surface area contributed by atoms with Gasteiger partial charge in [-0.25, -0.2) is 0 Å². The molecule has 2 saturated heterocycles. The second kappa shape index (κ2) is 7.01. The van der Waals surface area contributed by atoms with Crippen LogP contribution in [0.3, 0.4) is 0 Å². The van der Waals surface area contributed by atoms with Crippen LogP contribution in [0.5, 0.6) is 0 Å². The number of thiophene rings is 1. The number of hydrogen-bond acceptors (Lipinski definition) is 5. The molecule has 5 nitrogen and oxygen atoms in total. The molecule has 24 heavy (non-hydrogen) atoms. The number of pyridine rings is 1. The molecular formula is C18H21N3O2S. The van der Waals surface area contributed by atoms with Crippen molar-refractivity contribution in [2.45, 2.75) is 31.6 Å². The van der Waals surface area contributed by atoms with Crippen molar-refractivity contribution in [2.24, 2.45) is 5.92 Å². The molecule has 0 bridgehead atoms. The number of nitrogens with one attached hydrogen (secondary N) is 1. The molecule has 0 saturated carbocycles. The van der Waals surface area contributed by atoms with E-state index in [1.165, 1.54) is 5.56 Å². The maximum absolute atomic E-state index is 12.4. The van der Waals surface area contributed by atoms with E-state index in [0.29, 0.717) is 5.92 Å². The van der Waals surface area contributed by atoms with Crippen LogP contribution in [0.4, 0.5) is 5.69 Å². The number of likely N-dealkylation sites (tertiary alicyclic amines) is 1. The van der Waals surface area contributed by atoms with Gasteiger partial charge in [0.25, 0.3) is 5.91 Å². The Labute approximate surface area is 145 Å². The van der Waals surface area contributed by atoms with Gasteiger partial charge in [-0.2, -0.15) is 11.3 Å². The van der Waals surface area contributed by atoms with Crippen molar-refractivity contribution in [3.8, 4) is 0 Å². The summed E-state index contributed by atoms with van der Waals surface area (Å²) in [7, 11) is 0. The van der Waals surface area contributed by atoms with Crippen molar-refractivity contribution < 1.29 is 9.53 Å². The Kier molecular flexibility index (Phi) is 4.60. The number of amides is 1. The second-order valence-corrected chi connectivity index (χ2v) is 7.33. The summed E-state index contributed by atoms with van der Waals surface area (Å²) in [4.78, 5) is 18.9. The molecular weight excluding hydrogens is 322 g/mol. The smallest absolute Gasteiger partial charge is 0.253 e. The summed E-state index contributed by atoms with van der Waals surface area (Å²) < 4.78 is 6.08. The van der Waals surface area contributed by atoms with Crippen molar-refractivity contribution in [3.63, 3.8) is 0 Å². The first-order valence-corrected chi connectivity index (χ1v) is 9.32. The van der Waals surface area contributed by atoms with Gasteiger partial charge in [0.05, 0.1) is 18.0 Å². The topological polar surface area (TPSA) is 54.5 Å². The summed E-state index contributed by atoms with van der Waals surface area (Å²) >= 11 is 1.74. The fourth-order valence-corrected chi connectivity index (χ4v) is 4.27. The number of ether oxygens (including phenoxy) is 1. The van der Waals surface area contributed by atoms with Crippen molar-refractivity contribution in [2.75, 3.05) is 18.4 Å². The van der Waals surface area contributed by atoms with Crippen molar-refractivity contribution in [1.82, 2.24) is 9.88 Å². The lowest BCUT2D eigenvalue weighted by molar-refractivity contribution is -0.127. The summed E-state index contributed by atoms with van der Waals surface area (Å²) in [6.45, 7) is 2.97. The van der Waals surface area contributed by atoms with Crippen molar-refractivity contribution in [1.29, 1.82) is 0 Å². The van der Waals surface area contributed by atoms with Crippen LogP contribution >= 0.6 is 11.3 Å². The van der Waals surface area contributed by atoms with Gasteiger partial charge < -0.3 is 10.1 Å². The molecule has 0 aliphatic carbocycles. The van der Waals surface area contributed by atoms with Gasteiger partial charge in [0.1, 0.15) is 6.10 Å². The van der Waals surface area contributed by atoms with Crippen molar-refractivity contribution >= 4 is 22.9 Å². The first kappa shape index (κ1) is 15.7. The number of aromatic nitrogens is 1. The number of carbonyl (C=O) groups excluding carboxylic acids is 1. The monoisotopic (exact) mass is 343 g/mol. The highest BCUT2D eigenvalue weighted by atomic mass is 32.1. The minimum Gasteiger partial charge on any atom is -0.364 e. The molecule has 6 heteroatoms. The minimum absolute atomic E-state index is 0.0539. The number of anilines is 1. The molecule has 0 unspecified atom stereocenters. The number of rotatable bonds is 4. The number of piperidine rings is 1. The third-order valence-electron chi connectivity index (χ3n) is 4.84. The van der Waals surface area contributed by atoms with Crippen LogP contribution < -0.4 is 5.32 Å². The number of carbonyl (C=O) groups is 1. The zero-order valence-electron chi connectivity index (χ0n) is 13.4. The third-order valence-corrected chi connectivity index (χ3v) is 5.58. The van der Waals surface area contributed by atoms with Gasteiger partial charge in [0.15, 0.2) is 0 Å². The molecule has 0 spiro atoms. The van der Waals surface area contributed by atoms with E-state index in [-0.39, 0.29) is 18.1 Å². The molecule has 2 aromatic heterocycles. The highest BCUT2D eigenvalue weighted by Crippen LogP contribution is 2.34. The van der Waals surface area contributed by atoms with E-state index in [1.54, 1.807) is 23.7 Å². The maximum Gasteiger partial charge on any atom is 0.253 e. The summed E-state index contributed by atoms with van der Waals surface area (Å²) in [6.07, 6.45) is 5.10. The van der Waals surface area contributed by atoms with Crippen LogP contribution in [0.1, 0.15) is 18.4 Å². The zero-order chi connectivity index (χ0) is 16.4. The fourth-order valence-electron chi connectivity index (χ4n) is 3.61. The zero-order valence-corrected chi connectivity index (χ0v) is 14.2. The largest absolute Gasteiger partial charge is 0.364 e. The number of hydrogen-bond donors (Lipinski definition) is 1. The quantitative estimate of drug-likeness (QED) is 0.927. The molecule has 0 aromatic carbocycles. The first-order valence-electron chi connectivity index (χ1n) is 8.38. The second-order valence-electron chi connectivity index (χ2n) is 6.55. The lowest BCUT2D eigenvalue weighted by atomic mass is 9.91. The Hall–Kier alpha value is -1.76. The molecule has 1 amide bonds. The van der Waals surface area contributed by atoms with Gasteiger partial charge >= 0.3 is 0 Å². The van der Waals surface area contributed by atoms with E-state index in [9.17, 15) is 4.79 Å². The Morgan fingerprint density at radius 2 is 2.42 bits per heavy atom. The average Bonchev–Trinajstić information content (AvgIpc) is 3.25. The molecule has 1 N–H and O–H groups in total. The van der Waals surface area contributed by atoms with Gasteiger partial charge in [0.2, 0.25) is 0 Å². The highest BCUT2D eigenvalue weighted by molar-refractivity contribution is 7.07. The number of fused-ring (bicyclic) bond motifs is 1. The van der Waals surface area contributed by atoms with Gasteiger partial charge in [-0.05, 0) is 59.8 Å². The third kappa shape index (κ3) is 3.50. The Balaban J connectivity index is 1.33. The average molecular weight is 343 g/mol. The summed E-state index contributed by atoms with van der Waals surface area (Å²) in [5.41, 5.74) is 2.09. The maximum atomic E-state index is 12.4. The van der Waals surface area contributed by atoms with Crippen LogP contribution in [0, 0.1) is 5.92 Å². The molecule has 2 aliphatic rings. The van der Waals surface area contributed by atoms with Gasteiger partial charge in [-0.3, -0.25) is 14.7 Å². The van der Waals surface area contributed by atoms with E-state index in [1.807, 2.05) is 12.1 Å². The molecule has 0 radical (unpaired) electrons. The SMILES string of the molecule is O=C(Nc1cccnc1)[C@@H]1C[C@@H]2CCN(Cc3ccsc3)C[C@@H]2O1. The predicted octanol–water partition coefficient (Wildman–Crippen LogP) is 2.76. The van der Waals surface area contributed by atoms with Gasteiger partial charge in [-0.1, -0.05) is 0 Å². The first-order chi connectivity index (χ1) is 11.8.